The Labute approximate surface area is 139 Å². The van der Waals surface area contributed by atoms with Gasteiger partial charge < -0.3 is 10.1 Å². The molecule has 1 N–H and O–H groups in total. The lowest BCUT2D eigenvalue weighted by atomic mass is 10.0. The van der Waals surface area contributed by atoms with Gasteiger partial charge in [-0.25, -0.2) is 0 Å². The van der Waals surface area contributed by atoms with Crippen LogP contribution in [0.1, 0.15) is 26.8 Å². The third-order valence-corrected chi connectivity index (χ3v) is 4.53. The van der Waals surface area contributed by atoms with Gasteiger partial charge in [0.05, 0.1) is 13.2 Å². The normalized spacial score (nSPS) is 11.7. The highest BCUT2D eigenvalue weighted by Gasteiger charge is 2.18. The van der Waals surface area contributed by atoms with Crippen molar-refractivity contribution in [3.63, 3.8) is 0 Å². The fourth-order valence-corrected chi connectivity index (χ4v) is 3.18. The number of carbonyl (C=O) groups excluding carboxylic acids is 1. The minimum Gasteiger partial charge on any atom is -0.497 e. The van der Waals surface area contributed by atoms with Crippen molar-refractivity contribution in [2.24, 2.45) is 0 Å². The van der Waals surface area contributed by atoms with Gasteiger partial charge in [0.1, 0.15) is 5.75 Å². The molecule has 1 amide bonds. The predicted octanol–water partition coefficient (Wildman–Crippen LogP) is 4.28. The SMILES string of the molecule is COc1ccc(C(=O)N[C@H](c2ccccc2)c2cccs2)cc1. The Balaban J connectivity index is 1.85. The third kappa shape index (κ3) is 3.60. The number of hydrogen-bond donors (Lipinski definition) is 1. The first-order valence-electron chi connectivity index (χ1n) is 7.31. The van der Waals surface area contributed by atoms with Crippen LogP contribution >= 0.6 is 11.3 Å². The van der Waals surface area contributed by atoms with Crippen LogP contribution in [0.3, 0.4) is 0 Å². The first-order valence-corrected chi connectivity index (χ1v) is 8.19. The second-order valence-electron chi connectivity index (χ2n) is 5.06. The van der Waals surface area contributed by atoms with Crippen LogP contribution in [-0.2, 0) is 0 Å². The topological polar surface area (TPSA) is 38.3 Å². The highest BCUT2D eigenvalue weighted by molar-refractivity contribution is 7.10. The molecule has 0 radical (unpaired) electrons. The molecule has 0 spiro atoms. The summed E-state index contributed by atoms with van der Waals surface area (Å²) in [6.07, 6.45) is 0. The molecule has 1 aromatic heterocycles. The average Bonchev–Trinajstić information content (AvgIpc) is 3.14. The molecule has 116 valence electrons. The van der Waals surface area contributed by atoms with E-state index >= 15 is 0 Å². The van der Waals surface area contributed by atoms with Crippen molar-refractivity contribution in [3.05, 3.63) is 88.1 Å². The summed E-state index contributed by atoms with van der Waals surface area (Å²) in [7, 11) is 1.61. The lowest BCUT2D eigenvalue weighted by Gasteiger charge is -2.18. The largest absolute Gasteiger partial charge is 0.497 e. The van der Waals surface area contributed by atoms with E-state index in [0.717, 1.165) is 16.2 Å². The van der Waals surface area contributed by atoms with Crippen LogP contribution in [0.5, 0.6) is 5.75 Å². The van der Waals surface area contributed by atoms with Crippen molar-refractivity contribution in [2.45, 2.75) is 6.04 Å². The minimum absolute atomic E-state index is 0.102. The Hall–Kier alpha value is -2.59. The first kappa shape index (κ1) is 15.3. The van der Waals surface area contributed by atoms with Gasteiger partial charge in [-0.15, -0.1) is 11.3 Å². The lowest BCUT2D eigenvalue weighted by Crippen LogP contribution is -2.28. The molecular weight excluding hydrogens is 306 g/mol. The molecule has 0 aliphatic rings. The molecule has 3 nitrogen and oxygen atoms in total. The zero-order valence-corrected chi connectivity index (χ0v) is 13.5. The number of methoxy groups -OCH3 is 1. The standard InChI is InChI=1S/C19H17NO2S/c1-22-16-11-9-15(10-12-16)19(21)20-18(17-8-5-13-23-17)14-6-3-2-4-7-14/h2-13,18H,1H3,(H,20,21)/t18-/m1/s1. The molecular formula is C19H17NO2S. The quantitative estimate of drug-likeness (QED) is 0.761. The van der Waals surface area contributed by atoms with Crippen molar-refractivity contribution in [1.29, 1.82) is 0 Å². The Morgan fingerprint density at radius 2 is 1.74 bits per heavy atom. The second kappa shape index (κ2) is 7.11. The summed E-state index contributed by atoms with van der Waals surface area (Å²) < 4.78 is 5.13. The molecule has 0 aliphatic carbocycles. The number of benzene rings is 2. The third-order valence-electron chi connectivity index (χ3n) is 3.59. The summed E-state index contributed by atoms with van der Waals surface area (Å²) in [6, 6.07) is 21.0. The van der Waals surface area contributed by atoms with E-state index < -0.39 is 0 Å². The van der Waals surface area contributed by atoms with Crippen LogP contribution in [0.15, 0.2) is 72.1 Å². The van der Waals surface area contributed by atoms with E-state index in [0.29, 0.717) is 5.56 Å². The Morgan fingerprint density at radius 1 is 1.00 bits per heavy atom. The Morgan fingerprint density at radius 3 is 2.35 bits per heavy atom. The van der Waals surface area contributed by atoms with Crippen molar-refractivity contribution in [3.8, 4) is 5.75 Å². The summed E-state index contributed by atoms with van der Waals surface area (Å²) in [6.45, 7) is 0. The van der Waals surface area contributed by atoms with Crippen LogP contribution in [0.4, 0.5) is 0 Å². The van der Waals surface area contributed by atoms with Gasteiger partial charge in [-0.2, -0.15) is 0 Å². The fraction of sp³-hybridized carbons (Fsp3) is 0.105. The van der Waals surface area contributed by atoms with Crippen LogP contribution < -0.4 is 10.1 Å². The van der Waals surface area contributed by atoms with Crippen molar-refractivity contribution >= 4 is 17.2 Å². The predicted molar refractivity (Wildman–Crippen MR) is 93.1 cm³/mol. The van der Waals surface area contributed by atoms with Gasteiger partial charge in [0.15, 0.2) is 0 Å². The first-order chi connectivity index (χ1) is 11.3. The molecule has 23 heavy (non-hydrogen) atoms. The Kier molecular flexibility index (Phi) is 4.74. The molecule has 2 aromatic carbocycles. The lowest BCUT2D eigenvalue weighted by molar-refractivity contribution is 0.0943. The maximum atomic E-state index is 12.6. The number of hydrogen-bond acceptors (Lipinski definition) is 3. The molecule has 0 fully saturated rings. The monoisotopic (exact) mass is 323 g/mol. The van der Waals surface area contributed by atoms with E-state index in [-0.39, 0.29) is 11.9 Å². The molecule has 0 aliphatic heterocycles. The van der Waals surface area contributed by atoms with E-state index in [2.05, 4.69) is 5.32 Å². The second-order valence-corrected chi connectivity index (χ2v) is 6.04. The highest BCUT2D eigenvalue weighted by Crippen LogP contribution is 2.26. The molecule has 3 rings (SSSR count). The Bertz CT molecular complexity index is 752. The molecule has 0 unspecified atom stereocenters. The molecule has 0 saturated carbocycles. The number of carbonyl (C=O) groups is 1. The van der Waals surface area contributed by atoms with Gasteiger partial charge in [0.2, 0.25) is 0 Å². The summed E-state index contributed by atoms with van der Waals surface area (Å²) in [5.74, 6) is 0.634. The summed E-state index contributed by atoms with van der Waals surface area (Å²) in [5, 5.41) is 5.14. The van der Waals surface area contributed by atoms with E-state index in [9.17, 15) is 4.79 Å². The van der Waals surface area contributed by atoms with Crippen LogP contribution in [-0.4, -0.2) is 13.0 Å². The van der Waals surface area contributed by atoms with E-state index in [4.69, 9.17) is 4.74 Å². The number of nitrogens with one attached hydrogen (secondary N) is 1. The van der Waals surface area contributed by atoms with Gasteiger partial charge in [-0.05, 0) is 41.3 Å². The van der Waals surface area contributed by atoms with Gasteiger partial charge in [-0.1, -0.05) is 36.4 Å². The van der Waals surface area contributed by atoms with Crippen LogP contribution in [0, 0.1) is 0 Å². The van der Waals surface area contributed by atoms with Crippen molar-refractivity contribution < 1.29 is 9.53 Å². The number of thiophene rings is 1. The van der Waals surface area contributed by atoms with E-state index in [1.54, 1.807) is 42.7 Å². The van der Waals surface area contributed by atoms with Crippen molar-refractivity contribution in [1.82, 2.24) is 5.32 Å². The zero-order valence-electron chi connectivity index (χ0n) is 12.7. The molecule has 0 bridgehead atoms. The zero-order chi connectivity index (χ0) is 16.1. The summed E-state index contributed by atoms with van der Waals surface area (Å²) in [5.41, 5.74) is 1.68. The van der Waals surface area contributed by atoms with Gasteiger partial charge in [0, 0.05) is 10.4 Å². The van der Waals surface area contributed by atoms with E-state index in [1.807, 2.05) is 47.8 Å². The smallest absolute Gasteiger partial charge is 0.252 e. The highest BCUT2D eigenvalue weighted by atomic mass is 32.1. The molecule has 4 heteroatoms. The molecule has 1 heterocycles. The van der Waals surface area contributed by atoms with Gasteiger partial charge in [-0.3, -0.25) is 4.79 Å². The van der Waals surface area contributed by atoms with Crippen LogP contribution in [0.2, 0.25) is 0 Å². The maximum absolute atomic E-state index is 12.6. The van der Waals surface area contributed by atoms with Gasteiger partial charge >= 0.3 is 0 Å². The molecule has 0 saturated heterocycles. The average molecular weight is 323 g/mol. The number of amides is 1. The number of rotatable bonds is 5. The van der Waals surface area contributed by atoms with Crippen molar-refractivity contribution in [2.75, 3.05) is 7.11 Å². The van der Waals surface area contributed by atoms with Crippen LogP contribution in [0.25, 0.3) is 0 Å². The summed E-state index contributed by atoms with van der Waals surface area (Å²) >= 11 is 1.63. The molecule has 3 aromatic rings. The van der Waals surface area contributed by atoms with E-state index in [1.165, 1.54) is 0 Å². The summed E-state index contributed by atoms with van der Waals surface area (Å²) in [4.78, 5) is 13.7. The number of ether oxygens (including phenoxy) is 1. The minimum atomic E-state index is -0.147. The van der Waals surface area contributed by atoms with Gasteiger partial charge in [0.25, 0.3) is 5.91 Å². The maximum Gasteiger partial charge on any atom is 0.252 e. The fourth-order valence-electron chi connectivity index (χ4n) is 2.38. The molecule has 1 atom stereocenters.